The summed E-state index contributed by atoms with van der Waals surface area (Å²) in [6, 6.07) is 26.0. The molecule has 32 heavy (non-hydrogen) atoms. The summed E-state index contributed by atoms with van der Waals surface area (Å²) < 4.78 is 1.10. The maximum Gasteiger partial charge on any atom is 0.0708 e. The van der Waals surface area contributed by atoms with Gasteiger partial charge in [0.25, 0.3) is 0 Å². The van der Waals surface area contributed by atoms with E-state index in [2.05, 4.69) is 105 Å². The molecule has 1 atom stereocenters. The van der Waals surface area contributed by atoms with Gasteiger partial charge in [-0.3, -0.25) is 4.98 Å². The standard InChI is InChI=1S/C27H27BrN4/c1-29-14-18-6-8-19(9-7-18)15-30-16-20-12-27(32-26-5-3-2-4-22(20)26)24-17-31-25-11-10-21(28)13-23(24)25/h2-13,24,29-31H,14-17H2,1H3. The summed E-state index contributed by atoms with van der Waals surface area (Å²) in [6.45, 7) is 3.42. The lowest BCUT2D eigenvalue weighted by atomic mass is 9.95. The third kappa shape index (κ3) is 4.42. The number of anilines is 1. The number of halogens is 1. The zero-order valence-electron chi connectivity index (χ0n) is 18.2. The molecular formula is C27H27BrN4. The highest BCUT2D eigenvalue weighted by Gasteiger charge is 2.26. The van der Waals surface area contributed by atoms with E-state index in [4.69, 9.17) is 4.98 Å². The number of fused-ring (bicyclic) bond motifs is 2. The van der Waals surface area contributed by atoms with Crippen molar-refractivity contribution in [3.05, 3.63) is 105 Å². The van der Waals surface area contributed by atoms with Gasteiger partial charge in [0.1, 0.15) is 0 Å². The third-order valence-electron chi connectivity index (χ3n) is 6.11. The molecule has 5 rings (SSSR count). The Morgan fingerprint density at radius 1 is 0.938 bits per heavy atom. The topological polar surface area (TPSA) is 49.0 Å². The Labute approximate surface area is 197 Å². The maximum absolute atomic E-state index is 5.05. The molecule has 3 aromatic carbocycles. The fraction of sp³-hybridized carbons (Fsp3) is 0.222. The SMILES string of the molecule is CNCc1ccc(CNCc2cc(C3CNc4ccc(Br)cc43)nc3ccccc23)cc1. The van der Waals surface area contributed by atoms with Crippen molar-refractivity contribution < 1.29 is 0 Å². The summed E-state index contributed by atoms with van der Waals surface area (Å²) in [5.74, 6) is 0.255. The van der Waals surface area contributed by atoms with Crippen LogP contribution in [0.5, 0.6) is 0 Å². The van der Waals surface area contributed by atoms with Gasteiger partial charge in [-0.05, 0) is 59.6 Å². The minimum absolute atomic E-state index is 0.255. The maximum atomic E-state index is 5.05. The van der Waals surface area contributed by atoms with E-state index in [1.54, 1.807) is 0 Å². The lowest BCUT2D eigenvalue weighted by molar-refractivity contribution is 0.693. The minimum atomic E-state index is 0.255. The molecular weight excluding hydrogens is 460 g/mol. The highest BCUT2D eigenvalue weighted by molar-refractivity contribution is 9.10. The molecule has 4 aromatic rings. The van der Waals surface area contributed by atoms with Gasteiger partial charge >= 0.3 is 0 Å². The average Bonchev–Trinajstić information content (AvgIpc) is 3.23. The van der Waals surface area contributed by atoms with Crippen LogP contribution in [0.2, 0.25) is 0 Å². The lowest BCUT2D eigenvalue weighted by Crippen LogP contribution is -2.15. The van der Waals surface area contributed by atoms with E-state index in [-0.39, 0.29) is 5.92 Å². The van der Waals surface area contributed by atoms with Crippen molar-refractivity contribution in [1.82, 2.24) is 15.6 Å². The Morgan fingerprint density at radius 3 is 2.53 bits per heavy atom. The smallest absolute Gasteiger partial charge is 0.0708 e. The number of hydrogen-bond acceptors (Lipinski definition) is 4. The van der Waals surface area contributed by atoms with Crippen LogP contribution in [0.1, 0.15) is 33.9 Å². The Morgan fingerprint density at radius 2 is 1.72 bits per heavy atom. The molecule has 1 aliphatic rings. The second kappa shape index (κ2) is 9.41. The molecule has 0 amide bonds. The molecule has 5 heteroatoms. The Kier molecular flexibility index (Phi) is 6.21. The zero-order chi connectivity index (χ0) is 21.9. The highest BCUT2D eigenvalue weighted by atomic mass is 79.9. The summed E-state index contributed by atoms with van der Waals surface area (Å²) in [4.78, 5) is 5.05. The lowest BCUT2D eigenvalue weighted by Gasteiger charge is -2.15. The van der Waals surface area contributed by atoms with Gasteiger partial charge in [-0.15, -0.1) is 0 Å². The van der Waals surface area contributed by atoms with Crippen LogP contribution < -0.4 is 16.0 Å². The summed E-state index contributed by atoms with van der Waals surface area (Å²) in [5.41, 5.74) is 8.58. The summed E-state index contributed by atoms with van der Waals surface area (Å²) in [5, 5.41) is 11.6. The molecule has 1 unspecified atom stereocenters. The van der Waals surface area contributed by atoms with Crippen LogP contribution >= 0.6 is 15.9 Å². The van der Waals surface area contributed by atoms with Crippen LogP contribution in [-0.2, 0) is 19.6 Å². The second-order valence-corrected chi connectivity index (χ2v) is 9.25. The first-order chi connectivity index (χ1) is 15.7. The minimum Gasteiger partial charge on any atom is -0.384 e. The number of aromatic nitrogens is 1. The fourth-order valence-corrected chi connectivity index (χ4v) is 4.86. The first-order valence-corrected chi connectivity index (χ1v) is 11.9. The van der Waals surface area contributed by atoms with Gasteiger partial charge in [-0.2, -0.15) is 0 Å². The molecule has 0 bridgehead atoms. The third-order valence-corrected chi connectivity index (χ3v) is 6.61. The predicted molar refractivity (Wildman–Crippen MR) is 136 cm³/mol. The van der Waals surface area contributed by atoms with Crippen molar-refractivity contribution in [1.29, 1.82) is 0 Å². The van der Waals surface area contributed by atoms with Gasteiger partial charge in [-0.25, -0.2) is 0 Å². The number of benzene rings is 3. The Balaban J connectivity index is 1.39. The van der Waals surface area contributed by atoms with E-state index in [0.717, 1.165) is 41.9 Å². The molecule has 3 N–H and O–H groups in total. The molecule has 4 nitrogen and oxygen atoms in total. The molecule has 0 saturated heterocycles. The van der Waals surface area contributed by atoms with Crippen LogP contribution in [0.15, 0.2) is 77.3 Å². The monoisotopic (exact) mass is 486 g/mol. The van der Waals surface area contributed by atoms with Crippen molar-refractivity contribution >= 4 is 32.5 Å². The molecule has 2 heterocycles. The van der Waals surface area contributed by atoms with Crippen LogP contribution in [-0.4, -0.2) is 18.6 Å². The molecule has 1 aromatic heterocycles. The van der Waals surface area contributed by atoms with Crippen LogP contribution in [0.3, 0.4) is 0 Å². The van der Waals surface area contributed by atoms with Crippen LogP contribution in [0.25, 0.3) is 10.9 Å². The molecule has 0 radical (unpaired) electrons. The number of nitrogens with zero attached hydrogens (tertiary/aromatic N) is 1. The average molecular weight is 487 g/mol. The van der Waals surface area contributed by atoms with E-state index in [1.807, 2.05) is 7.05 Å². The molecule has 0 saturated carbocycles. The van der Waals surface area contributed by atoms with E-state index in [0.29, 0.717) is 0 Å². The number of pyridine rings is 1. The first-order valence-electron chi connectivity index (χ1n) is 11.1. The zero-order valence-corrected chi connectivity index (χ0v) is 19.7. The predicted octanol–water partition coefficient (Wildman–Crippen LogP) is 5.56. The van der Waals surface area contributed by atoms with Crippen molar-refractivity contribution in [3.63, 3.8) is 0 Å². The highest BCUT2D eigenvalue weighted by Crippen LogP contribution is 2.38. The Hall–Kier alpha value is -2.73. The van der Waals surface area contributed by atoms with Crippen LogP contribution in [0.4, 0.5) is 5.69 Å². The van der Waals surface area contributed by atoms with E-state index in [9.17, 15) is 0 Å². The van der Waals surface area contributed by atoms with Gasteiger partial charge < -0.3 is 16.0 Å². The van der Waals surface area contributed by atoms with Gasteiger partial charge in [0, 0.05) is 47.6 Å². The van der Waals surface area contributed by atoms with Crippen molar-refractivity contribution in [2.75, 3.05) is 18.9 Å². The number of hydrogen-bond donors (Lipinski definition) is 3. The molecule has 0 fully saturated rings. The Bertz CT molecular complexity index is 1240. The quantitative estimate of drug-likeness (QED) is 0.319. The van der Waals surface area contributed by atoms with Gasteiger partial charge in [0.05, 0.1) is 11.2 Å². The fourth-order valence-electron chi connectivity index (χ4n) is 4.48. The number of para-hydroxylation sites is 1. The van der Waals surface area contributed by atoms with Gasteiger partial charge in [-0.1, -0.05) is 58.4 Å². The molecule has 162 valence electrons. The van der Waals surface area contributed by atoms with E-state index < -0.39 is 0 Å². The number of rotatable bonds is 7. The van der Waals surface area contributed by atoms with Crippen molar-refractivity contribution in [3.8, 4) is 0 Å². The summed E-state index contributed by atoms with van der Waals surface area (Å²) in [6.07, 6.45) is 0. The molecule has 0 spiro atoms. The van der Waals surface area contributed by atoms with Crippen molar-refractivity contribution in [2.45, 2.75) is 25.6 Å². The van der Waals surface area contributed by atoms with Gasteiger partial charge in [0.15, 0.2) is 0 Å². The second-order valence-electron chi connectivity index (χ2n) is 8.34. The summed E-state index contributed by atoms with van der Waals surface area (Å²) in [7, 11) is 1.97. The van der Waals surface area contributed by atoms with E-state index >= 15 is 0 Å². The van der Waals surface area contributed by atoms with E-state index in [1.165, 1.54) is 33.3 Å². The first kappa shape index (κ1) is 21.1. The largest absolute Gasteiger partial charge is 0.384 e. The molecule has 1 aliphatic heterocycles. The van der Waals surface area contributed by atoms with Crippen LogP contribution in [0, 0.1) is 0 Å². The van der Waals surface area contributed by atoms with Crippen molar-refractivity contribution in [2.24, 2.45) is 0 Å². The van der Waals surface area contributed by atoms with Gasteiger partial charge in [0.2, 0.25) is 0 Å². The normalized spacial score (nSPS) is 15.0. The molecule has 0 aliphatic carbocycles. The number of nitrogens with one attached hydrogen (secondary N) is 3. The summed E-state index contributed by atoms with van der Waals surface area (Å²) >= 11 is 3.63.